The first-order valence-electron chi connectivity index (χ1n) is 17.5. The van der Waals surface area contributed by atoms with Gasteiger partial charge in [-0.1, -0.05) is 147 Å². The van der Waals surface area contributed by atoms with Gasteiger partial charge < -0.3 is 0 Å². The molecular weight excluding hydrogens is 731 g/mol. The molecule has 2 radical (unpaired) electrons. The molecule has 0 aliphatic rings. The molecule has 0 saturated heterocycles. The molecule has 256 valence electrons. The molecule has 0 heterocycles. The van der Waals surface area contributed by atoms with Crippen molar-refractivity contribution in [2.24, 2.45) is 0 Å². The van der Waals surface area contributed by atoms with Gasteiger partial charge in [-0.05, 0) is 45.9 Å². The van der Waals surface area contributed by atoms with E-state index in [1.165, 1.54) is 78.9 Å². The maximum absolute atomic E-state index is 4.93. The third-order valence-electron chi connectivity index (χ3n) is 8.91. The standard InChI is InChI=1S/C24H29.C19H19.C2H6Si.2ClH.Zr/c1-6-8-17(2)20-15-19-9-7-10-22(23(19)16-20)18-11-13-21(14-12-18)24(3,4)5;1-13(2)15-7-9-16(10-8-15)18-6-4-5-17-11-14(3)12-19(17)18;1-3-2;;;/h7,9-17H,6,8H2,1-5H3;4-13H,1-3H3;1-2H3;2*1H;/q2*-1;;;;+4/p-2. The van der Waals surface area contributed by atoms with E-state index in [1.807, 2.05) is 0 Å². The van der Waals surface area contributed by atoms with E-state index in [1.54, 1.807) is 0 Å². The number of halogens is 2. The Morgan fingerprint density at radius 2 is 1.18 bits per heavy atom. The molecule has 1 unspecified atom stereocenters. The fourth-order valence-corrected chi connectivity index (χ4v) is 6.23. The summed E-state index contributed by atoms with van der Waals surface area (Å²) in [6.45, 7) is 22.3. The third kappa shape index (κ3) is 11.7. The van der Waals surface area contributed by atoms with E-state index in [0.717, 1.165) is 9.52 Å². The topological polar surface area (TPSA) is 0 Å². The second-order valence-corrected chi connectivity index (χ2v) is 19.0. The predicted octanol–water partition coefficient (Wildman–Crippen LogP) is 15.2. The van der Waals surface area contributed by atoms with Crippen LogP contribution in [0, 0.1) is 6.92 Å². The van der Waals surface area contributed by atoms with E-state index in [9.17, 15) is 0 Å². The number of aryl methyl sites for hydroxylation is 1. The Balaban J connectivity index is 0.000000233. The molecule has 1 atom stereocenters. The Bertz CT molecular complexity index is 1830. The van der Waals surface area contributed by atoms with Crippen molar-refractivity contribution in [3.8, 4) is 22.3 Å². The molecule has 0 bridgehead atoms. The van der Waals surface area contributed by atoms with Crippen molar-refractivity contribution in [3.05, 3.63) is 131 Å². The van der Waals surface area contributed by atoms with Gasteiger partial charge in [-0.3, -0.25) is 0 Å². The Labute approximate surface area is 318 Å². The van der Waals surface area contributed by atoms with Crippen molar-refractivity contribution in [2.45, 2.75) is 98.6 Å². The van der Waals surface area contributed by atoms with Crippen LogP contribution in [0.25, 0.3) is 43.8 Å². The zero-order valence-electron chi connectivity index (χ0n) is 31.2. The third-order valence-corrected chi connectivity index (χ3v) is 8.91. The van der Waals surface area contributed by atoms with E-state index in [2.05, 4.69) is 178 Å². The van der Waals surface area contributed by atoms with Gasteiger partial charge in [0.25, 0.3) is 0 Å². The molecule has 4 heteroatoms. The van der Waals surface area contributed by atoms with E-state index >= 15 is 0 Å². The van der Waals surface area contributed by atoms with Gasteiger partial charge in [0.05, 0.1) is 0 Å². The normalized spacial score (nSPS) is 11.5. The minimum absolute atomic E-state index is 0.202. The number of rotatable bonds is 6. The van der Waals surface area contributed by atoms with Gasteiger partial charge in [0.1, 0.15) is 0 Å². The molecule has 0 aliphatic heterocycles. The Kier molecular flexibility index (Phi) is 16.8. The summed E-state index contributed by atoms with van der Waals surface area (Å²) < 4.78 is 0. The van der Waals surface area contributed by atoms with Crippen molar-refractivity contribution in [2.75, 3.05) is 0 Å². The van der Waals surface area contributed by atoms with Gasteiger partial charge in [0, 0.05) is 9.52 Å². The van der Waals surface area contributed by atoms with Gasteiger partial charge >= 0.3 is 37.9 Å². The summed E-state index contributed by atoms with van der Waals surface area (Å²) in [5.74, 6) is 1.23. The molecule has 6 rings (SSSR count). The van der Waals surface area contributed by atoms with Crippen LogP contribution in [0.2, 0.25) is 13.1 Å². The monoisotopic (exact) mass is 782 g/mol. The van der Waals surface area contributed by atoms with Crippen LogP contribution in [0.15, 0.2) is 109 Å². The van der Waals surface area contributed by atoms with E-state index < -0.39 is 20.8 Å². The van der Waals surface area contributed by atoms with Crippen LogP contribution in [0.5, 0.6) is 0 Å². The van der Waals surface area contributed by atoms with Crippen LogP contribution < -0.4 is 0 Å². The molecule has 6 aromatic carbocycles. The average molecular weight is 785 g/mol. The second-order valence-electron chi connectivity index (χ2n) is 14.3. The molecule has 0 amide bonds. The summed E-state index contributed by atoms with van der Waals surface area (Å²) in [5, 5.41) is 5.45. The van der Waals surface area contributed by atoms with Crippen molar-refractivity contribution in [3.63, 3.8) is 0 Å². The first-order valence-corrected chi connectivity index (χ1v) is 25.8. The number of fused-ring (bicyclic) bond motifs is 2. The summed E-state index contributed by atoms with van der Waals surface area (Å²) in [5.41, 5.74) is 11.1. The SMILES string of the molecule is CCCC(C)c1cc2c(-c3ccc(C(C)(C)C)cc3)cccc2[cH-]1.C[Si]C.Cc1cc2c(-c3ccc(C(C)C)cc3)cccc2[cH-]1.[Cl][Zr+2][Cl]. The van der Waals surface area contributed by atoms with Gasteiger partial charge in [0.2, 0.25) is 0 Å². The fraction of sp³-hybridized carbons (Fsp3) is 0.333. The van der Waals surface area contributed by atoms with Crippen LogP contribution in [-0.4, -0.2) is 9.52 Å². The molecule has 6 aromatic rings. The maximum atomic E-state index is 4.93. The minimum atomic E-state index is -0.826. The molecule has 49 heavy (non-hydrogen) atoms. The molecule has 0 fully saturated rings. The summed E-state index contributed by atoms with van der Waals surface area (Å²) >= 11 is -0.826. The number of hydrogen-bond donors (Lipinski definition) is 0. The molecule has 0 N–H and O–H groups in total. The van der Waals surface area contributed by atoms with Crippen molar-refractivity contribution in [1.82, 2.24) is 0 Å². The first kappa shape index (κ1) is 41.2. The quantitative estimate of drug-likeness (QED) is 0.117. The average Bonchev–Trinajstić information content (AvgIpc) is 3.69. The number of hydrogen-bond acceptors (Lipinski definition) is 0. The summed E-state index contributed by atoms with van der Waals surface area (Å²) in [4.78, 5) is 0. The molecule has 0 spiro atoms. The van der Waals surface area contributed by atoms with Crippen molar-refractivity contribution < 1.29 is 20.8 Å². The molecule has 0 nitrogen and oxygen atoms in total. The second kappa shape index (κ2) is 20.0. The molecular formula is C45H54Cl2SiZr. The molecule has 0 aliphatic carbocycles. The van der Waals surface area contributed by atoms with Crippen LogP contribution in [0.1, 0.15) is 95.4 Å². The van der Waals surface area contributed by atoms with Gasteiger partial charge in [-0.15, -0.1) is 69.1 Å². The Morgan fingerprint density at radius 3 is 1.65 bits per heavy atom. The first-order chi connectivity index (χ1) is 23.4. The van der Waals surface area contributed by atoms with Gasteiger partial charge in [-0.2, -0.15) is 12.1 Å². The summed E-state index contributed by atoms with van der Waals surface area (Å²) in [6.07, 6.45) is 2.50. The number of benzene rings is 4. The zero-order valence-corrected chi connectivity index (χ0v) is 36.2. The summed E-state index contributed by atoms with van der Waals surface area (Å²) in [7, 11) is 11.0. The van der Waals surface area contributed by atoms with Crippen LogP contribution >= 0.6 is 17.0 Å². The zero-order chi connectivity index (χ0) is 36.1. The van der Waals surface area contributed by atoms with Crippen molar-refractivity contribution >= 4 is 48.1 Å². The van der Waals surface area contributed by atoms with E-state index in [0.29, 0.717) is 11.8 Å². The van der Waals surface area contributed by atoms with Crippen LogP contribution in [0.4, 0.5) is 0 Å². The van der Waals surface area contributed by atoms with E-state index in [-0.39, 0.29) is 5.41 Å². The predicted molar refractivity (Wildman–Crippen MR) is 220 cm³/mol. The van der Waals surface area contributed by atoms with Gasteiger partial charge in [-0.25, -0.2) is 0 Å². The summed E-state index contributed by atoms with van der Waals surface area (Å²) in [6, 6.07) is 40.6. The van der Waals surface area contributed by atoms with Crippen LogP contribution in [-0.2, 0) is 26.3 Å². The molecule has 0 aromatic heterocycles. The Hall–Kier alpha value is -2.22. The fourth-order valence-electron chi connectivity index (χ4n) is 6.23. The van der Waals surface area contributed by atoms with Crippen molar-refractivity contribution in [1.29, 1.82) is 0 Å². The molecule has 0 saturated carbocycles. The van der Waals surface area contributed by atoms with E-state index in [4.69, 9.17) is 17.0 Å². The van der Waals surface area contributed by atoms with Gasteiger partial charge in [0.15, 0.2) is 0 Å². The van der Waals surface area contributed by atoms with Crippen LogP contribution in [0.3, 0.4) is 0 Å². The Morgan fingerprint density at radius 1 is 0.714 bits per heavy atom.